The second-order valence-corrected chi connectivity index (χ2v) is 3.67. The third-order valence-electron chi connectivity index (χ3n) is 2.66. The highest BCUT2D eigenvalue weighted by Gasteiger charge is 2.38. The molecule has 3 heteroatoms. The monoisotopic (exact) mass is 168 g/mol. The second-order valence-electron chi connectivity index (χ2n) is 3.23. The van der Waals surface area contributed by atoms with Gasteiger partial charge in [-0.05, 0) is 12.8 Å². The first-order valence-electron chi connectivity index (χ1n) is 3.99. The lowest BCUT2D eigenvalue weighted by atomic mass is 10.2. The zero-order chi connectivity index (χ0) is 8.01. The van der Waals surface area contributed by atoms with Gasteiger partial charge in [-0.25, -0.2) is 4.90 Å². The molecule has 0 saturated carbocycles. The molecule has 0 aromatic rings. The Kier molecular flexibility index (Phi) is 1.55. The molecule has 1 atom stereocenters. The Morgan fingerprint density at radius 1 is 1.64 bits per heavy atom. The summed E-state index contributed by atoms with van der Waals surface area (Å²) in [5.41, 5.74) is 2.41. The fourth-order valence-electron chi connectivity index (χ4n) is 1.92. The van der Waals surface area contributed by atoms with Gasteiger partial charge in [0.1, 0.15) is 5.54 Å². The van der Waals surface area contributed by atoms with Gasteiger partial charge in [0.25, 0.3) is 0 Å². The maximum absolute atomic E-state index is 4.06. The predicted molar refractivity (Wildman–Crippen MR) is 50.0 cm³/mol. The van der Waals surface area contributed by atoms with Crippen LogP contribution in [0.2, 0.25) is 0 Å². The van der Waals surface area contributed by atoms with Crippen LogP contribution in [0.3, 0.4) is 0 Å². The molecular formula is C8H13N2P. The normalized spacial score (nSPS) is 31.7. The van der Waals surface area contributed by atoms with Crippen molar-refractivity contribution in [3.05, 3.63) is 12.3 Å². The highest BCUT2D eigenvalue weighted by Crippen LogP contribution is 2.32. The van der Waals surface area contributed by atoms with Crippen molar-refractivity contribution in [1.29, 1.82) is 0 Å². The smallest absolute Gasteiger partial charge is 0.108 e. The van der Waals surface area contributed by atoms with Gasteiger partial charge in [-0.3, -0.25) is 0 Å². The SMILES string of the molecule is C=C1C2CCCN2C(=P)N1C. The van der Waals surface area contributed by atoms with Crippen molar-refractivity contribution in [2.75, 3.05) is 13.6 Å². The maximum Gasteiger partial charge on any atom is 0.108 e. The van der Waals surface area contributed by atoms with E-state index in [9.17, 15) is 0 Å². The van der Waals surface area contributed by atoms with Crippen molar-refractivity contribution in [2.24, 2.45) is 0 Å². The molecule has 0 amide bonds. The van der Waals surface area contributed by atoms with Gasteiger partial charge in [0.05, 0.1) is 6.04 Å². The van der Waals surface area contributed by atoms with Gasteiger partial charge >= 0.3 is 0 Å². The topological polar surface area (TPSA) is 6.48 Å². The molecule has 0 bridgehead atoms. The van der Waals surface area contributed by atoms with Crippen LogP contribution >= 0.6 is 8.86 Å². The zero-order valence-corrected chi connectivity index (χ0v) is 7.80. The first-order chi connectivity index (χ1) is 5.22. The predicted octanol–water partition coefficient (Wildman–Crippen LogP) is 1.14. The summed E-state index contributed by atoms with van der Waals surface area (Å²) in [5, 5.41) is 0. The zero-order valence-electron chi connectivity index (χ0n) is 6.80. The third kappa shape index (κ3) is 0.863. The summed E-state index contributed by atoms with van der Waals surface area (Å²) in [6.45, 7) is 5.23. The second kappa shape index (κ2) is 2.33. The van der Waals surface area contributed by atoms with Crippen molar-refractivity contribution >= 4 is 14.4 Å². The molecule has 2 saturated heterocycles. The first-order valence-corrected chi connectivity index (χ1v) is 4.49. The Balaban J connectivity index is 2.30. The molecule has 1 unspecified atom stereocenters. The van der Waals surface area contributed by atoms with Crippen molar-refractivity contribution in [3.8, 4) is 0 Å². The molecule has 0 aromatic carbocycles. The molecule has 2 fully saturated rings. The first kappa shape index (κ1) is 7.33. The quantitative estimate of drug-likeness (QED) is 0.500. The minimum Gasteiger partial charge on any atom is -0.335 e. The summed E-state index contributed by atoms with van der Waals surface area (Å²) >= 11 is 0. The summed E-state index contributed by atoms with van der Waals surface area (Å²) in [6.07, 6.45) is 2.56. The Labute approximate surface area is 69.7 Å². The van der Waals surface area contributed by atoms with Gasteiger partial charge in [-0.2, -0.15) is 0 Å². The van der Waals surface area contributed by atoms with E-state index in [0.717, 1.165) is 0 Å². The maximum atomic E-state index is 4.06. The minimum absolute atomic E-state index is 0.576. The highest BCUT2D eigenvalue weighted by molar-refractivity contribution is 7.20. The Morgan fingerprint density at radius 3 is 3.00 bits per heavy atom. The lowest BCUT2D eigenvalue weighted by Crippen LogP contribution is -2.29. The number of fused-ring (bicyclic) bond motifs is 1. The van der Waals surface area contributed by atoms with Crippen molar-refractivity contribution in [1.82, 2.24) is 9.80 Å². The summed E-state index contributed by atoms with van der Waals surface area (Å²) in [6, 6.07) is 0.576. The molecule has 0 spiro atoms. The van der Waals surface area contributed by atoms with Crippen LogP contribution in [0.5, 0.6) is 0 Å². The van der Waals surface area contributed by atoms with Gasteiger partial charge in [0.15, 0.2) is 0 Å². The van der Waals surface area contributed by atoms with E-state index in [2.05, 4.69) is 32.3 Å². The van der Waals surface area contributed by atoms with E-state index in [1.807, 2.05) is 0 Å². The van der Waals surface area contributed by atoms with Crippen LogP contribution in [0.1, 0.15) is 12.8 Å². The highest BCUT2D eigenvalue weighted by atomic mass is 31.0. The van der Waals surface area contributed by atoms with Crippen molar-refractivity contribution in [3.63, 3.8) is 0 Å². The van der Waals surface area contributed by atoms with Crippen LogP contribution in [-0.2, 0) is 0 Å². The van der Waals surface area contributed by atoms with E-state index in [4.69, 9.17) is 0 Å². The molecule has 2 heterocycles. The van der Waals surface area contributed by atoms with Gasteiger partial charge < -0.3 is 4.90 Å². The third-order valence-corrected chi connectivity index (χ3v) is 3.28. The molecule has 0 radical (unpaired) electrons. The number of rotatable bonds is 0. The molecule has 0 aliphatic carbocycles. The number of hydrogen-bond acceptors (Lipinski definition) is 0. The Morgan fingerprint density at radius 2 is 2.36 bits per heavy atom. The lowest BCUT2D eigenvalue weighted by molar-refractivity contribution is 0.468. The fraction of sp³-hybridized carbons (Fsp3) is 0.625. The van der Waals surface area contributed by atoms with E-state index in [-0.39, 0.29) is 0 Å². The minimum atomic E-state index is 0.576. The molecule has 0 N–H and O–H groups in total. The average molecular weight is 168 g/mol. The van der Waals surface area contributed by atoms with Crippen LogP contribution in [0.15, 0.2) is 12.3 Å². The lowest BCUT2D eigenvalue weighted by Gasteiger charge is -2.14. The van der Waals surface area contributed by atoms with Crippen molar-refractivity contribution < 1.29 is 0 Å². The molecule has 2 aliphatic heterocycles. The van der Waals surface area contributed by atoms with Crippen LogP contribution in [-0.4, -0.2) is 35.0 Å². The largest absolute Gasteiger partial charge is 0.335 e. The summed E-state index contributed by atoms with van der Waals surface area (Å²) in [5.74, 6) is 0. The van der Waals surface area contributed by atoms with Crippen LogP contribution in [0.4, 0.5) is 0 Å². The van der Waals surface area contributed by atoms with Crippen LogP contribution in [0, 0.1) is 0 Å². The van der Waals surface area contributed by atoms with E-state index in [1.165, 1.54) is 30.6 Å². The average Bonchev–Trinajstić information content (AvgIpc) is 2.53. The van der Waals surface area contributed by atoms with Gasteiger partial charge in [-0.1, -0.05) is 15.4 Å². The molecule has 2 nitrogen and oxygen atoms in total. The number of hydrogen-bond donors (Lipinski definition) is 0. The van der Waals surface area contributed by atoms with Crippen molar-refractivity contribution in [2.45, 2.75) is 18.9 Å². The molecular weight excluding hydrogens is 155 g/mol. The van der Waals surface area contributed by atoms with Gasteiger partial charge in [0, 0.05) is 19.3 Å². The molecule has 11 heavy (non-hydrogen) atoms. The van der Waals surface area contributed by atoms with E-state index in [0.29, 0.717) is 6.04 Å². The molecule has 2 rings (SSSR count). The van der Waals surface area contributed by atoms with Gasteiger partial charge in [0.2, 0.25) is 0 Å². The molecule has 0 aromatic heterocycles. The summed E-state index contributed by atoms with van der Waals surface area (Å²) in [4.78, 5) is 4.50. The standard InChI is InChI=1S/C8H13N2P/c1-6-7-4-3-5-10(7)8(11)9(6)2/h7,11H,1,3-5H2,2H3. The van der Waals surface area contributed by atoms with E-state index in [1.54, 1.807) is 0 Å². The van der Waals surface area contributed by atoms with E-state index < -0.39 is 0 Å². The number of likely N-dealkylation sites (N-methyl/N-ethyl adjacent to an activating group) is 1. The number of nitrogens with zero attached hydrogens (tertiary/aromatic N) is 2. The molecule has 60 valence electrons. The van der Waals surface area contributed by atoms with Gasteiger partial charge in [-0.15, -0.1) is 0 Å². The Hall–Kier alpha value is -0.330. The van der Waals surface area contributed by atoms with Crippen LogP contribution < -0.4 is 0 Å². The van der Waals surface area contributed by atoms with E-state index >= 15 is 0 Å². The fourth-order valence-corrected chi connectivity index (χ4v) is 2.33. The van der Waals surface area contributed by atoms with Crippen LogP contribution in [0.25, 0.3) is 0 Å². The summed E-state index contributed by atoms with van der Waals surface area (Å²) in [7, 11) is 5.67. The molecule has 2 aliphatic rings. The summed E-state index contributed by atoms with van der Waals surface area (Å²) < 4.78 is 0. The Bertz CT molecular complexity index is 202.